The molecule has 0 heterocycles. The molecule has 0 amide bonds. The van der Waals surface area contributed by atoms with Crippen molar-refractivity contribution in [1.29, 1.82) is 0 Å². The lowest BCUT2D eigenvalue weighted by Gasteiger charge is -2.21. The van der Waals surface area contributed by atoms with Gasteiger partial charge in [-0.25, -0.2) is 9.13 Å². The van der Waals surface area contributed by atoms with Crippen LogP contribution in [0.3, 0.4) is 0 Å². The van der Waals surface area contributed by atoms with Crippen LogP contribution >= 0.6 is 15.6 Å². The minimum atomic E-state index is -4.96. The molecule has 0 saturated heterocycles. The van der Waals surface area contributed by atoms with Gasteiger partial charge < -0.3 is 33.8 Å². The Bertz CT molecular complexity index is 1910. The molecular weight excluding hydrogens is 1270 g/mol. The highest BCUT2D eigenvalue weighted by Crippen LogP contribution is 2.45. The first kappa shape index (κ1) is 95.1. The van der Waals surface area contributed by atoms with E-state index in [-0.39, 0.29) is 25.7 Å². The number of hydrogen-bond donors (Lipinski definition) is 3. The third-order valence-electron chi connectivity index (χ3n) is 18.8. The number of phosphoric acid groups is 2. The molecule has 0 rings (SSSR count). The smallest absolute Gasteiger partial charge is 0.462 e. The number of unbranched alkanes of at least 4 members (excludes halogenated alkanes) is 39. The monoisotopic (exact) mass is 1420 g/mol. The van der Waals surface area contributed by atoms with E-state index >= 15 is 0 Å². The van der Waals surface area contributed by atoms with Gasteiger partial charge in [0.2, 0.25) is 0 Å². The molecule has 0 radical (unpaired) electrons. The number of esters is 4. The quantitative estimate of drug-likeness (QED) is 0.0222. The van der Waals surface area contributed by atoms with Crippen molar-refractivity contribution in [3.05, 3.63) is 0 Å². The summed E-state index contributed by atoms with van der Waals surface area (Å²) < 4.78 is 68.6. The molecule has 0 aliphatic rings. The zero-order valence-corrected chi connectivity index (χ0v) is 65.5. The predicted molar refractivity (Wildman–Crippen MR) is 395 cm³/mol. The molecule has 19 heteroatoms. The average molecular weight is 1420 g/mol. The fourth-order valence-electron chi connectivity index (χ4n) is 11.8. The van der Waals surface area contributed by atoms with Crippen LogP contribution in [-0.2, 0) is 65.4 Å². The number of rotatable bonds is 75. The fraction of sp³-hybridized carbons (Fsp3) is 0.949. The number of aliphatic hydroxyl groups is 1. The van der Waals surface area contributed by atoms with Crippen molar-refractivity contribution in [2.24, 2.45) is 23.7 Å². The first-order valence-electron chi connectivity index (χ1n) is 40.3. The molecule has 0 aliphatic carbocycles. The van der Waals surface area contributed by atoms with Crippen molar-refractivity contribution < 1.29 is 80.2 Å². The van der Waals surface area contributed by atoms with Gasteiger partial charge in [-0.05, 0) is 49.4 Å². The summed E-state index contributed by atoms with van der Waals surface area (Å²) in [6.07, 6.45) is 52.7. The Morgan fingerprint density at radius 1 is 0.289 bits per heavy atom. The van der Waals surface area contributed by atoms with Gasteiger partial charge in [-0.15, -0.1) is 0 Å². The van der Waals surface area contributed by atoms with Gasteiger partial charge in [0, 0.05) is 25.7 Å². The molecule has 0 spiro atoms. The lowest BCUT2D eigenvalue weighted by atomic mass is 9.99. The van der Waals surface area contributed by atoms with Crippen LogP contribution in [0.5, 0.6) is 0 Å². The van der Waals surface area contributed by atoms with E-state index in [4.69, 9.17) is 37.0 Å². The Kier molecular flexibility index (Phi) is 65.9. The van der Waals surface area contributed by atoms with Crippen LogP contribution in [0, 0.1) is 23.7 Å². The second-order valence-electron chi connectivity index (χ2n) is 29.5. The predicted octanol–water partition coefficient (Wildman–Crippen LogP) is 22.8. The zero-order chi connectivity index (χ0) is 71.7. The summed E-state index contributed by atoms with van der Waals surface area (Å²) in [7, 11) is -9.92. The maximum absolute atomic E-state index is 13.1. The summed E-state index contributed by atoms with van der Waals surface area (Å²) in [5.41, 5.74) is 0. The van der Waals surface area contributed by atoms with E-state index in [1.807, 2.05) is 0 Å². The Balaban J connectivity index is 5.24. The van der Waals surface area contributed by atoms with Crippen LogP contribution in [0.2, 0.25) is 0 Å². The van der Waals surface area contributed by atoms with Crippen LogP contribution in [0.1, 0.15) is 396 Å². The molecule has 7 atom stereocenters. The first-order chi connectivity index (χ1) is 46.7. The molecule has 4 unspecified atom stereocenters. The van der Waals surface area contributed by atoms with Gasteiger partial charge in [-0.1, -0.05) is 344 Å². The number of hydrogen-bond acceptors (Lipinski definition) is 15. The van der Waals surface area contributed by atoms with Crippen LogP contribution in [0.4, 0.5) is 0 Å². The van der Waals surface area contributed by atoms with E-state index in [0.717, 1.165) is 120 Å². The maximum Gasteiger partial charge on any atom is 0.472 e. The number of ether oxygens (including phenoxy) is 4. The molecule has 0 aliphatic heterocycles. The second kappa shape index (κ2) is 67.2. The van der Waals surface area contributed by atoms with Gasteiger partial charge in [0.1, 0.15) is 19.3 Å². The molecule has 0 aromatic heterocycles. The van der Waals surface area contributed by atoms with Crippen molar-refractivity contribution >= 4 is 39.5 Å². The summed E-state index contributed by atoms with van der Waals surface area (Å²) in [4.78, 5) is 72.9. The fourth-order valence-corrected chi connectivity index (χ4v) is 13.4. The molecule has 0 aromatic rings. The zero-order valence-electron chi connectivity index (χ0n) is 63.7. The van der Waals surface area contributed by atoms with Crippen molar-refractivity contribution in [3.63, 3.8) is 0 Å². The normalized spacial score (nSPS) is 14.6. The molecule has 17 nitrogen and oxygen atoms in total. The molecule has 576 valence electrons. The van der Waals surface area contributed by atoms with Crippen molar-refractivity contribution in [2.75, 3.05) is 39.6 Å². The summed E-state index contributed by atoms with van der Waals surface area (Å²) in [6, 6.07) is 0. The number of phosphoric ester groups is 2. The van der Waals surface area contributed by atoms with Crippen molar-refractivity contribution in [2.45, 2.75) is 414 Å². The van der Waals surface area contributed by atoms with Gasteiger partial charge in [-0.3, -0.25) is 37.3 Å². The Labute approximate surface area is 594 Å². The lowest BCUT2D eigenvalue weighted by molar-refractivity contribution is -0.161. The van der Waals surface area contributed by atoms with Gasteiger partial charge in [0.05, 0.1) is 26.4 Å². The summed E-state index contributed by atoms with van der Waals surface area (Å²) in [6.45, 7) is 14.2. The standard InChI is InChI=1S/C78H152O17P2/c1-9-70(7)56-48-40-32-26-20-16-12-14-18-22-28-35-45-53-61-78(83)95-74(65-89-76(81)59-51-43-37-36-41-49-57-71(8)10-2)67-93-97(86,87)91-63-72(79)62-90-96(84,85)92-66-73(64-88-75(80)58-50-42-33-29-23-25-31-39-47-55-69(5)6)94-77(82)60-52-44-34-27-21-17-13-11-15-19-24-30-38-46-54-68(3)4/h68-74,79H,9-67H2,1-8H3,(H,84,85)(H,86,87)/t70?,71?,72-,73-,74-/m1/s1. The molecule has 0 saturated carbocycles. The summed E-state index contributed by atoms with van der Waals surface area (Å²) in [5, 5.41) is 10.6. The van der Waals surface area contributed by atoms with Gasteiger partial charge >= 0.3 is 39.5 Å². The van der Waals surface area contributed by atoms with Crippen molar-refractivity contribution in [1.82, 2.24) is 0 Å². The van der Waals surface area contributed by atoms with Gasteiger partial charge in [0.25, 0.3) is 0 Å². The van der Waals surface area contributed by atoms with E-state index in [2.05, 4.69) is 55.4 Å². The van der Waals surface area contributed by atoms with Crippen LogP contribution in [0.25, 0.3) is 0 Å². The SMILES string of the molecule is CCC(C)CCCCCCCCCCCCCCCCC(=O)O[C@H](COC(=O)CCCCCCCCC(C)CC)COP(=O)(O)OC[C@H](O)COP(=O)(O)OC[C@@H](COC(=O)CCCCCCCCCCCC(C)C)OC(=O)CCCCCCCCCCCCCCCCC(C)C. The highest BCUT2D eigenvalue weighted by molar-refractivity contribution is 7.47. The van der Waals surface area contributed by atoms with Gasteiger partial charge in [-0.2, -0.15) is 0 Å². The van der Waals surface area contributed by atoms with E-state index < -0.39 is 97.5 Å². The molecular formula is C78H152O17P2. The number of carbonyl (C=O) groups is 4. The highest BCUT2D eigenvalue weighted by atomic mass is 31.2. The van der Waals surface area contributed by atoms with Crippen LogP contribution in [0.15, 0.2) is 0 Å². The number of aliphatic hydroxyl groups excluding tert-OH is 1. The molecule has 0 aromatic carbocycles. The Hall–Kier alpha value is -1.94. The lowest BCUT2D eigenvalue weighted by Crippen LogP contribution is -2.30. The van der Waals surface area contributed by atoms with E-state index in [1.165, 1.54) is 193 Å². The third-order valence-corrected chi connectivity index (χ3v) is 20.7. The average Bonchev–Trinajstić information content (AvgIpc) is 1.17. The molecule has 0 bridgehead atoms. The van der Waals surface area contributed by atoms with Crippen LogP contribution in [-0.4, -0.2) is 96.7 Å². The first-order valence-corrected chi connectivity index (χ1v) is 43.3. The molecule has 97 heavy (non-hydrogen) atoms. The summed E-state index contributed by atoms with van der Waals surface area (Å²) >= 11 is 0. The third kappa shape index (κ3) is 69.5. The minimum absolute atomic E-state index is 0.106. The highest BCUT2D eigenvalue weighted by Gasteiger charge is 2.30. The topological polar surface area (TPSA) is 237 Å². The molecule has 0 fully saturated rings. The van der Waals surface area contributed by atoms with E-state index in [0.29, 0.717) is 25.7 Å². The number of carbonyl (C=O) groups excluding carboxylic acids is 4. The Morgan fingerprint density at radius 2 is 0.495 bits per heavy atom. The maximum atomic E-state index is 13.1. The van der Waals surface area contributed by atoms with Gasteiger partial charge in [0.15, 0.2) is 12.2 Å². The van der Waals surface area contributed by atoms with E-state index in [1.54, 1.807) is 0 Å². The minimum Gasteiger partial charge on any atom is -0.462 e. The second-order valence-corrected chi connectivity index (χ2v) is 32.4. The summed E-state index contributed by atoms with van der Waals surface area (Å²) in [5.74, 6) is 0.997. The Morgan fingerprint density at radius 3 is 0.732 bits per heavy atom. The van der Waals surface area contributed by atoms with Crippen molar-refractivity contribution in [3.8, 4) is 0 Å². The van der Waals surface area contributed by atoms with Crippen LogP contribution < -0.4 is 0 Å². The van der Waals surface area contributed by atoms with E-state index in [9.17, 15) is 43.2 Å². The molecule has 3 N–H and O–H groups in total. The largest absolute Gasteiger partial charge is 0.472 e.